The van der Waals surface area contributed by atoms with Crippen LogP contribution >= 0.6 is 11.3 Å². The van der Waals surface area contributed by atoms with E-state index in [1.807, 2.05) is 0 Å². The smallest absolute Gasteiger partial charge is 0.399 e. The fraction of sp³-hybridized carbons (Fsp3) is 0.714. The first-order valence-electron chi connectivity index (χ1n) is 10.7. The van der Waals surface area contributed by atoms with Crippen LogP contribution in [0.1, 0.15) is 70.8 Å². The quantitative estimate of drug-likeness (QED) is 0.770. The van der Waals surface area contributed by atoms with Gasteiger partial charge in [-0.3, -0.25) is 0 Å². The summed E-state index contributed by atoms with van der Waals surface area (Å²) in [6.45, 7) is -1.98. The second kappa shape index (κ2) is 4.36. The van der Waals surface area contributed by atoms with Gasteiger partial charge in [-0.25, -0.2) is 0 Å². The third-order valence-electron chi connectivity index (χ3n) is 3.51. The molecular weight excluding hydrogens is 243 g/mol. The minimum Gasteiger partial charge on any atom is -0.399 e. The second-order valence-corrected chi connectivity index (χ2v) is 6.41. The Morgan fingerprint density at radius 2 is 1.89 bits per heavy atom. The van der Waals surface area contributed by atoms with Crippen molar-refractivity contribution in [3.8, 4) is 0 Å². The molecule has 18 heavy (non-hydrogen) atoms. The molecule has 0 aliphatic carbocycles. The van der Waals surface area contributed by atoms with Crippen LogP contribution in [-0.4, -0.2) is 18.3 Å². The Bertz CT molecular complexity index is 717. The van der Waals surface area contributed by atoms with Crippen molar-refractivity contribution in [2.45, 2.75) is 65.3 Å². The predicted molar refractivity (Wildman–Crippen MR) is 78.9 cm³/mol. The average molecular weight is 276 g/mol. The largest absolute Gasteiger partial charge is 0.495 e. The summed E-state index contributed by atoms with van der Waals surface area (Å²) >= 11 is 0.484. The molecule has 0 radical (unpaired) electrons. The van der Waals surface area contributed by atoms with E-state index < -0.39 is 44.8 Å². The molecule has 2 heterocycles. The van der Waals surface area contributed by atoms with Crippen LogP contribution < -0.4 is 5.46 Å². The fourth-order valence-electron chi connectivity index (χ4n) is 1.67. The molecule has 1 aromatic heterocycles. The highest BCUT2D eigenvalue weighted by Gasteiger charge is 2.52. The Morgan fingerprint density at radius 1 is 1.28 bits per heavy atom. The van der Waals surface area contributed by atoms with Crippen molar-refractivity contribution in [1.82, 2.24) is 0 Å². The van der Waals surface area contributed by atoms with E-state index in [0.717, 1.165) is 6.07 Å². The van der Waals surface area contributed by atoms with Gasteiger partial charge in [-0.2, -0.15) is 0 Å². The van der Waals surface area contributed by atoms with Gasteiger partial charge in [-0.1, -0.05) is 13.7 Å². The lowest BCUT2D eigenvalue weighted by Gasteiger charge is -2.32. The summed E-state index contributed by atoms with van der Waals surface area (Å²) in [5.74, 6) is -2.98. The predicted octanol–water partition coefficient (Wildman–Crippen LogP) is 3.48. The van der Waals surface area contributed by atoms with E-state index >= 15 is 0 Å². The van der Waals surface area contributed by atoms with Crippen LogP contribution in [0.3, 0.4) is 0 Å². The number of aryl methyl sites for hydroxylation is 1. The first kappa shape index (κ1) is 5.98. The fourth-order valence-corrected chi connectivity index (χ4v) is 2.45. The van der Waals surface area contributed by atoms with E-state index in [1.54, 1.807) is 27.7 Å². The molecule has 1 saturated heterocycles. The van der Waals surface area contributed by atoms with E-state index in [9.17, 15) is 0 Å². The van der Waals surface area contributed by atoms with E-state index in [-0.39, 0.29) is 15.2 Å². The number of hydrogen-bond donors (Lipinski definition) is 0. The van der Waals surface area contributed by atoms with Crippen LogP contribution in [0.5, 0.6) is 0 Å². The zero-order chi connectivity index (χ0) is 22.1. The summed E-state index contributed by atoms with van der Waals surface area (Å²) < 4.78 is 89.3. The van der Waals surface area contributed by atoms with Gasteiger partial charge in [0.25, 0.3) is 0 Å². The van der Waals surface area contributed by atoms with Crippen LogP contribution in [0.25, 0.3) is 0 Å². The Hall–Kier alpha value is -0.315. The molecule has 0 bridgehead atoms. The lowest BCUT2D eigenvalue weighted by molar-refractivity contribution is 0.00578. The molecule has 0 atom stereocenters. The molecule has 0 unspecified atom stereocenters. The normalized spacial score (nSPS) is 32.8. The van der Waals surface area contributed by atoms with Crippen molar-refractivity contribution in [3.05, 3.63) is 15.8 Å². The molecule has 1 aliphatic rings. The van der Waals surface area contributed by atoms with Gasteiger partial charge >= 0.3 is 7.12 Å². The van der Waals surface area contributed by atoms with Crippen LogP contribution in [0, 0.1) is 6.85 Å². The van der Waals surface area contributed by atoms with E-state index in [4.69, 9.17) is 23.0 Å². The number of hydrogen-bond acceptors (Lipinski definition) is 3. The summed E-state index contributed by atoms with van der Waals surface area (Å²) in [5, 5.41) is 0. The number of thiophene rings is 1. The SMILES string of the molecule is [2H]C([2H])([2H])c1sc(C([2H])(C([2H])([2H])[2H])C([2H])([2H])[2H])cc1B1OC(C)(C)C(C)(C)O1. The van der Waals surface area contributed by atoms with Crippen LogP contribution in [-0.2, 0) is 9.31 Å². The standard InChI is InChI=1S/C14H23BO2S/c1-9(2)12-8-11(10(3)18-12)15-16-13(4,5)14(6,7)17-15/h8-9H,1-7H3/i1D3,2D3,3D3,9D. The van der Waals surface area contributed by atoms with E-state index in [2.05, 4.69) is 0 Å². The monoisotopic (exact) mass is 276 g/mol. The van der Waals surface area contributed by atoms with Crippen LogP contribution in [0.4, 0.5) is 0 Å². The maximum absolute atomic E-state index is 8.33. The summed E-state index contributed by atoms with van der Waals surface area (Å²) in [5.41, 5.74) is -1.53. The van der Waals surface area contributed by atoms with Crippen molar-refractivity contribution in [2.75, 3.05) is 0 Å². The molecule has 2 nitrogen and oxygen atoms in total. The van der Waals surface area contributed by atoms with E-state index in [0.29, 0.717) is 11.3 Å². The highest BCUT2D eigenvalue weighted by Crippen LogP contribution is 2.37. The second-order valence-electron chi connectivity index (χ2n) is 5.36. The molecule has 2 rings (SSSR count). The van der Waals surface area contributed by atoms with E-state index in [1.165, 1.54) is 0 Å². The van der Waals surface area contributed by atoms with Gasteiger partial charge in [0.05, 0.1) is 11.2 Å². The molecule has 0 amide bonds. The average Bonchev–Trinajstić information content (AvgIpc) is 2.95. The first-order valence-corrected chi connectivity index (χ1v) is 6.47. The minimum atomic E-state index is -3.21. The lowest BCUT2D eigenvalue weighted by atomic mass is 9.79. The molecular formula is C14H23BO2S. The summed E-state index contributed by atoms with van der Waals surface area (Å²) in [6.07, 6.45) is 0. The Labute approximate surface area is 129 Å². The molecule has 1 aromatic rings. The molecule has 0 aromatic carbocycles. The highest BCUT2D eigenvalue weighted by molar-refractivity contribution is 7.13. The molecule has 4 heteroatoms. The van der Waals surface area contributed by atoms with Gasteiger partial charge in [0.15, 0.2) is 0 Å². The molecule has 100 valence electrons. The van der Waals surface area contributed by atoms with Crippen LogP contribution in [0.15, 0.2) is 6.07 Å². The third kappa shape index (κ3) is 2.26. The summed E-state index contributed by atoms with van der Waals surface area (Å²) in [6, 6.07) is 1.13. The zero-order valence-corrected chi connectivity index (χ0v) is 11.7. The third-order valence-corrected chi connectivity index (χ3v) is 4.50. The Morgan fingerprint density at radius 3 is 2.39 bits per heavy atom. The number of rotatable bonds is 2. The summed E-state index contributed by atoms with van der Waals surface area (Å²) in [4.78, 5) is -0.630. The van der Waals surface area contributed by atoms with Crippen molar-refractivity contribution in [2.24, 2.45) is 0 Å². The summed E-state index contributed by atoms with van der Waals surface area (Å²) in [7, 11) is -1.12. The van der Waals surface area contributed by atoms with Gasteiger partial charge in [-0.15, -0.1) is 11.3 Å². The molecule has 0 N–H and O–H groups in total. The maximum atomic E-state index is 8.33. The molecule has 1 fully saturated rings. The zero-order valence-electron chi connectivity index (χ0n) is 20.9. The van der Waals surface area contributed by atoms with Gasteiger partial charge in [0.2, 0.25) is 0 Å². The maximum Gasteiger partial charge on any atom is 0.495 e. The Kier molecular flexibility index (Phi) is 1.45. The van der Waals surface area contributed by atoms with Crippen molar-refractivity contribution in [3.63, 3.8) is 0 Å². The van der Waals surface area contributed by atoms with Crippen LogP contribution in [0.2, 0.25) is 0 Å². The molecule has 0 spiro atoms. The first-order chi connectivity index (χ1) is 12.2. The Balaban J connectivity index is 2.70. The minimum absolute atomic E-state index is 0.0313. The van der Waals surface area contributed by atoms with Gasteiger partial charge in [-0.05, 0) is 52.0 Å². The van der Waals surface area contributed by atoms with Gasteiger partial charge < -0.3 is 9.31 Å². The van der Waals surface area contributed by atoms with Crippen molar-refractivity contribution >= 4 is 23.9 Å². The van der Waals surface area contributed by atoms with Gasteiger partial charge in [0, 0.05) is 23.5 Å². The molecule has 0 saturated carbocycles. The molecule has 1 aliphatic heterocycles. The van der Waals surface area contributed by atoms with Crippen molar-refractivity contribution in [1.29, 1.82) is 0 Å². The van der Waals surface area contributed by atoms with Crippen molar-refractivity contribution < 1.29 is 23.0 Å². The van der Waals surface area contributed by atoms with Gasteiger partial charge in [0.1, 0.15) is 0 Å². The lowest BCUT2D eigenvalue weighted by Crippen LogP contribution is -2.41. The topological polar surface area (TPSA) is 18.5 Å². The highest BCUT2D eigenvalue weighted by atomic mass is 32.1.